The number of carbonyl (C=O) groups is 1. The first kappa shape index (κ1) is 15.6. The van der Waals surface area contributed by atoms with Crippen LogP contribution in [0, 0.1) is 0 Å². The van der Waals surface area contributed by atoms with Crippen molar-refractivity contribution in [2.24, 2.45) is 5.73 Å². The third kappa shape index (κ3) is 4.63. The predicted octanol–water partition coefficient (Wildman–Crippen LogP) is 2.75. The van der Waals surface area contributed by atoms with E-state index in [9.17, 15) is 4.79 Å². The zero-order chi connectivity index (χ0) is 14.5. The minimum atomic E-state index is -0.563. The average molecular weight is 278 g/mol. The van der Waals surface area contributed by atoms with Crippen molar-refractivity contribution in [1.82, 2.24) is 5.32 Å². The molecule has 3 nitrogen and oxygen atoms in total. The van der Waals surface area contributed by atoms with E-state index in [0.717, 1.165) is 18.4 Å². The van der Waals surface area contributed by atoms with E-state index in [1.165, 1.54) is 0 Å². The fourth-order valence-electron chi connectivity index (χ4n) is 2.18. The molecular formula is C15H22N2OS. The molecule has 4 heteroatoms. The summed E-state index contributed by atoms with van der Waals surface area (Å²) in [5.41, 5.74) is 6.32. The van der Waals surface area contributed by atoms with Crippen LogP contribution in [0.15, 0.2) is 30.3 Å². The van der Waals surface area contributed by atoms with E-state index in [1.54, 1.807) is 0 Å². The van der Waals surface area contributed by atoms with E-state index in [0.29, 0.717) is 0 Å². The number of thiocarbonyl (C=S) groups is 1. The summed E-state index contributed by atoms with van der Waals surface area (Å²) in [4.78, 5) is 12.6. The zero-order valence-corrected chi connectivity index (χ0v) is 12.6. The molecule has 104 valence electrons. The molecule has 0 saturated heterocycles. The van der Waals surface area contributed by atoms with Crippen molar-refractivity contribution >= 4 is 23.1 Å². The van der Waals surface area contributed by atoms with E-state index in [1.807, 2.05) is 44.2 Å². The van der Waals surface area contributed by atoms with Gasteiger partial charge in [0, 0.05) is 5.54 Å². The molecule has 19 heavy (non-hydrogen) atoms. The molecule has 0 aliphatic rings. The van der Waals surface area contributed by atoms with Gasteiger partial charge in [0.15, 0.2) is 0 Å². The molecular weight excluding hydrogens is 256 g/mol. The molecule has 0 fully saturated rings. The summed E-state index contributed by atoms with van der Waals surface area (Å²) in [6.07, 6.45) is 1.92. The van der Waals surface area contributed by atoms with Gasteiger partial charge in [-0.1, -0.05) is 55.9 Å². The van der Waals surface area contributed by atoms with Crippen LogP contribution in [-0.2, 0) is 4.79 Å². The molecule has 1 aromatic rings. The van der Waals surface area contributed by atoms with Crippen LogP contribution < -0.4 is 11.1 Å². The molecule has 0 radical (unpaired) electrons. The maximum Gasteiger partial charge on any atom is 0.234 e. The standard InChI is InChI=1S/C15H22N2OS/c1-4-10-15(2,3)17-14(18)12(13(16)19)11-8-6-5-7-9-11/h5-9,12H,4,10H2,1-3H3,(H2,16,19)(H,17,18). The summed E-state index contributed by atoms with van der Waals surface area (Å²) in [5, 5.41) is 3.03. The number of hydrogen-bond acceptors (Lipinski definition) is 2. The Hall–Kier alpha value is -1.42. The number of carbonyl (C=O) groups excluding carboxylic acids is 1. The van der Waals surface area contributed by atoms with Crippen LogP contribution in [0.1, 0.15) is 45.1 Å². The van der Waals surface area contributed by atoms with Gasteiger partial charge >= 0.3 is 0 Å². The van der Waals surface area contributed by atoms with Gasteiger partial charge in [-0.15, -0.1) is 0 Å². The highest BCUT2D eigenvalue weighted by Crippen LogP contribution is 2.19. The van der Waals surface area contributed by atoms with E-state index in [-0.39, 0.29) is 16.4 Å². The first-order valence-electron chi connectivity index (χ1n) is 6.53. The minimum Gasteiger partial charge on any atom is -0.392 e. The van der Waals surface area contributed by atoms with Gasteiger partial charge in [0.25, 0.3) is 0 Å². The lowest BCUT2D eigenvalue weighted by Gasteiger charge is -2.28. The summed E-state index contributed by atoms with van der Waals surface area (Å²) in [6, 6.07) is 9.40. The van der Waals surface area contributed by atoms with Crippen molar-refractivity contribution in [3.8, 4) is 0 Å². The topological polar surface area (TPSA) is 55.1 Å². The van der Waals surface area contributed by atoms with Gasteiger partial charge in [-0.25, -0.2) is 0 Å². The summed E-state index contributed by atoms with van der Waals surface area (Å²) >= 11 is 5.05. The number of hydrogen-bond donors (Lipinski definition) is 2. The summed E-state index contributed by atoms with van der Waals surface area (Å²) in [5.74, 6) is -0.690. The van der Waals surface area contributed by atoms with Gasteiger partial charge in [-0.2, -0.15) is 0 Å². The SMILES string of the molecule is CCCC(C)(C)NC(=O)C(C(N)=S)c1ccccc1. The molecule has 0 aliphatic carbocycles. The first-order chi connectivity index (χ1) is 8.87. The highest BCUT2D eigenvalue weighted by atomic mass is 32.1. The van der Waals surface area contributed by atoms with Crippen molar-refractivity contribution in [3.05, 3.63) is 35.9 Å². The minimum absolute atomic E-state index is 0.128. The molecule has 0 spiro atoms. The van der Waals surface area contributed by atoms with Crippen LogP contribution >= 0.6 is 12.2 Å². The molecule has 1 unspecified atom stereocenters. The highest BCUT2D eigenvalue weighted by Gasteiger charge is 2.28. The van der Waals surface area contributed by atoms with Crippen LogP contribution in [0.3, 0.4) is 0 Å². The highest BCUT2D eigenvalue weighted by molar-refractivity contribution is 7.80. The van der Waals surface area contributed by atoms with Crippen LogP contribution in [0.25, 0.3) is 0 Å². The number of benzene rings is 1. The third-order valence-corrected chi connectivity index (χ3v) is 3.25. The van der Waals surface area contributed by atoms with Gasteiger partial charge in [0.1, 0.15) is 5.92 Å². The summed E-state index contributed by atoms with van der Waals surface area (Å²) in [6.45, 7) is 6.11. The quantitative estimate of drug-likeness (QED) is 0.787. The van der Waals surface area contributed by atoms with Crippen molar-refractivity contribution in [2.45, 2.75) is 45.1 Å². The number of amides is 1. The summed E-state index contributed by atoms with van der Waals surface area (Å²) < 4.78 is 0. The van der Waals surface area contributed by atoms with Crippen molar-refractivity contribution < 1.29 is 4.79 Å². The fraction of sp³-hybridized carbons (Fsp3) is 0.467. The Morgan fingerprint density at radius 2 is 1.95 bits per heavy atom. The monoisotopic (exact) mass is 278 g/mol. The molecule has 0 aliphatic heterocycles. The summed E-state index contributed by atoms with van der Waals surface area (Å²) in [7, 11) is 0. The van der Waals surface area contributed by atoms with Gasteiger partial charge in [-0.3, -0.25) is 4.79 Å². The lowest BCUT2D eigenvalue weighted by atomic mass is 9.94. The lowest BCUT2D eigenvalue weighted by molar-refractivity contribution is -0.122. The molecule has 0 heterocycles. The van der Waals surface area contributed by atoms with Crippen molar-refractivity contribution in [2.75, 3.05) is 0 Å². The Balaban J connectivity index is 2.90. The van der Waals surface area contributed by atoms with Gasteiger partial charge in [-0.05, 0) is 25.8 Å². The average Bonchev–Trinajstić information content (AvgIpc) is 2.28. The lowest BCUT2D eigenvalue weighted by Crippen LogP contribution is -2.47. The molecule has 1 atom stereocenters. The van der Waals surface area contributed by atoms with Crippen LogP contribution in [0.4, 0.5) is 0 Å². The second-order valence-corrected chi connectivity index (χ2v) is 5.84. The molecule has 3 N–H and O–H groups in total. The van der Waals surface area contributed by atoms with Gasteiger partial charge in [0.05, 0.1) is 4.99 Å². The van der Waals surface area contributed by atoms with Crippen LogP contribution in [0.2, 0.25) is 0 Å². The van der Waals surface area contributed by atoms with E-state index in [4.69, 9.17) is 18.0 Å². The Morgan fingerprint density at radius 1 is 1.37 bits per heavy atom. The largest absolute Gasteiger partial charge is 0.392 e. The molecule has 1 aromatic carbocycles. The van der Waals surface area contributed by atoms with Crippen LogP contribution in [0.5, 0.6) is 0 Å². The second-order valence-electron chi connectivity index (χ2n) is 5.37. The van der Waals surface area contributed by atoms with Crippen molar-refractivity contribution in [3.63, 3.8) is 0 Å². The number of nitrogens with one attached hydrogen (secondary N) is 1. The number of rotatable bonds is 6. The maximum absolute atomic E-state index is 12.4. The zero-order valence-electron chi connectivity index (χ0n) is 11.8. The molecule has 0 aromatic heterocycles. The maximum atomic E-state index is 12.4. The molecule has 0 bridgehead atoms. The van der Waals surface area contributed by atoms with E-state index in [2.05, 4.69) is 12.2 Å². The third-order valence-electron chi connectivity index (χ3n) is 3.02. The molecule has 1 rings (SSSR count). The van der Waals surface area contributed by atoms with E-state index >= 15 is 0 Å². The first-order valence-corrected chi connectivity index (χ1v) is 6.94. The van der Waals surface area contributed by atoms with Gasteiger partial charge in [0.2, 0.25) is 5.91 Å². The Labute approximate surface area is 120 Å². The molecule has 1 amide bonds. The number of nitrogens with two attached hydrogens (primary N) is 1. The Morgan fingerprint density at radius 3 is 2.42 bits per heavy atom. The van der Waals surface area contributed by atoms with Gasteiger partial charge < -0.3 is 11.1 Å². The predicted molar refractivity (Wildman–Crippen MR) is 83.1 cm³/mol. The fourth-order valence-corrected chi connectivity index (χ4v) is 2.43. The van der Waals surface area contributed by atoms with Crippen LogP contribution in [-0.4, -0.2) is 16.4 Å². The molecule has 0 saturated carbocycles. The Kier molecular flexibility index (Phi) is 5.48. The normalized spacial score (nSPS) is 12.8. The Bertz CT molecular complexity index is 443. The smallest absolute Gasteiger partial charge is 0.234 e. The van der Waals surface area contributed by atoms with E-state index < -0.39 is 5.92 Å². The second kappa shape index (κ2) is 6.66. The van der Waals surface area contributed by atoms with Crippen molar-refractivity contribution in [1.29, 1.82) is 0 Å².